The van der Waals surface area contributed by atoms with Crippen molar-refractivity contribution < 1.29 is 4.42 Å². The molecule has 1 heterocycles. The maximum absolute atomic E-state index is 6.06. The van der Waals surface area contributed by atoms with Crippen LogP contribution in [0.3, 0.4) is 0 Å². The van der Waals surface area contributed by atoms with Crippen molar-refractivity contribution in [1.82, 2.24) is 5.32 Å². The summed E-state index contributed by atoms with van der Waals surface area (Å²) in [4.78, 5) is 0. The van der Waals surface area contributed by atoms with Gasteiger partial charge in [-0.25, -0.2) is 0 Å². The Labute approximate surface area is 115 Å². The summed E-state index contributed by atoms with van der Waals surface area (Å²) >= 11 is 0. The Bertz CT molecular complexity index is 536. The summed E-state index contributed by atoms with van der Waals surface area (Å²) in [5.74, 6) is 1.80. The Balaban J connectivity index is 1.90. The highest BCUT2D eigenvalue weighted by Crippen LogP contribution is 2.58. The quantitative estimate of drug-likeness (QED) is 0.852. The van der Waals surface area contributed by atoms with Gasteiger partial charge in [0, 0.05) is 5.39 Å². The first-order valence-corrected chi connectivity index (χ1v) is 7.33. The number of furan rings is 1. The first kappa shape index (κ1) is 12.7. The van der Waals surface area contributed by atoms with E-state index in [0.717, 1.165) is 24.3 Å². The summed E-state index contributed by atoms with van der Waals surface area (Å²) in [6.45, 7) is 7.96. The largest absolute Gasteiger partial charge is 0.459 e. The van der Waals surface area contributed by atoms with E-state index >= 15 is 0 Å². The molecule has 2 aromatic rings. The van der Waals surface area contributed by atoms with Gasteiger partial charge in [0.2, 0.25) is 0 Å². The van der Waals surface area contributed by atoms with E-state index in [1.54, 1.807) is 0 Å². The molecule has 0 amide bonds. The number of benzene rings is 1. The molecule has 2 unspecified atom stereocenters. The zero-order valence-electron chi connectivity index (χ0n) is 12.1. The van der Waals surface area contributed by atoms with Crippen LogP contribution >= 0.6 is 0 Å². The lowest BCUT2D eigenvalue weighted by Crippen LogP contribution is -2.25. The average Bonchev–Trinajstić information content (AvgIpc) is 2.85. The van der Waals surface area contributed by atoms with Crippen LogP contribution in [-0.4, -0.2) is 6.54 Å². The Morgan fingerprint density at radius 3 is 2.74 bits per heavy atom. The SMILES string of the molecule is CCCNC(c1cc2ccccc2o1)C1CC1(C)C. The molecule has 3 rings (SSSR count). The predicted octanol–water partition coefficient (Wildman–Crippen LogP) is 4.52. The third-order valence-corrected chi connectivity index (χ3v) is 4.36. The van der Waals surface area contributed by atoms with E-state index in [2.05, 4.69) is 44.3 Å². The molecular formula is C17H23NO. The van der Waals surface area contributed by atoms with Gasteiger partial charge in [0.15, 0.2) is 0 Å². The lowest BCUT2D eigenvalue weighted by atomic mass is 10.0. The molecule has 2 nitrogen and oxygen atoms in total. The van der Waals surface area contributed by atoms with Crippen LogP contribution in [0.4, 0.5) is 0 Å². The molecule has 1 aromatic carbocycles. The Kier molecular flexibility index (Phi) is 3.14. The van der Waals surface area contributed by atoms with Gasteiger partial charge < -0.3 is 9.73 Å². The van der Waals surface area contributed by atoms with E-state index in [0.29, 0.717) is 17.4 Å². The Morgan fingerprint density at radius 2 is 2.11 bits per heavy atom. The van der Waals surface area contributed by atoms with Crippen LogP contribution < -0.4 is 5.32 Å². The van der Waals surface area contributed by atoms with Gasteiger partial charge >= 0.3 is 0 Å². The molecule has 0 aliphatic heterocycles. The van der Waals surface area contributed by atoms with E-state index in [-0.39, 0.29) is 0 Å². The van der Waals surface area contributed by atoms with Crippen molar-refractivity contribution >= 4 is 11.0 Å². The van der Waals surface area contributed by atoms with Crippen LogP contribution in [0, 0.1) is 11.3 Å². The fraction of sp³-hybridized carbons (Fsp3) is 0.529. The van der Waals surface area contributed by atoms with Gasteiger partial charge in [-0.2, -0.15) is 0 Å². The number of para-hydroxylation sites is 1. The maximum atomic E-state index is 6.06. The van der Waals surface area contributed by atoms with Crippen molar-refractivity contribution in [3.63, 3.8) is 0 Å². The lowest BCUT2D eigenvalue weighted by Gasteiger charge is -2.17. The predicted molar refractivity (Wildman–Crippen MR) is 79.1 cm³/mol. The zero-order chi connectivity index (χ0) is 13.5. The van der Waals surface area contributed by atoms with E-state index in [9.17, 15) is 0 Å². The van der Waals surface area contributed by atoms with E-state index < -0.39 is 0 Å². The molecule has 0 radical (unpaired) electrons. The minimum absolute atomic E-state index is 0.363. The normalized spacial score (nSPS) is 22.6. The number of fused-ring (bicyclic) bond motifs is 1. The summed E-state index contributed by atoms with van der Waals surface area (Å²) in [6.07, 6.45) is 2.44. The standard InChI is InChI=1S/C17H23NO/c1-4-9-18-16(13-11-17(13,2)3)15-10-12-7-5-6-8-14(12)19-15/h5-8,10,13,16,18H,4,9,11H2,1-3H3. The summed E-state index contributed by atoms with van der Waals surface area (Å²) in [5.41, 5.74) is 1.45. The average molecular weight is 257 g/mol. The van der Waals surface area contributed by atoms with Crippen molar-refractivity contribution in [1.29, 1.82) is 0 Å². The summed E-state index contributed by atoms with van der Waals surface area (Å²) in [7, 11) is 0. The van der Waals surface area contributed by atoms with Crippen LogP contribution in [-0.2, 0) is 0 Å². The van der Waals surface area contributed by atoms with E-state index in [1.807, 2.05) is 12.1 Å². The number of nitrogens with one attached hydrogen (secondary N) is 1. The van der Waals surface area contributed by atoms with Crippen molar-refractivity contribution in [2.24, 2.45) is 11.3 Å². The van der Waals surface area contributed by atoms with Crippen LogP contribution in [0.5, 0.6) is 0 Å². The van der Waals surface area contributed by atoms with Crippen LogP contribution in [0.1, 0.15) is 45.4 Å². The summed E-state index contributed by atoms with van der Waals surface area (Å²) in [5, 5.41) is 4.88. The van der Waals surface area contributed by atoms with Crippen LogP contribution in [0.25, 0.3) is 11.0 Å². The molecule has 2 heteroatoms. The molecule has 1 fully saturated rings. The molecule has 1 saturated carbocycles. The van der Waals surface area contributed by atoms with Crippen molar-refractivity contribution in [2.75, 3.05) is 6.54 Å². The van der Waals surface area contributed by atoms with Crippen LogP contribution in [0.15, 0.2) is 34.7 Å². The fourth-order valence-electron chi connectivity index (χ4n) is 2.97. The number of hydrogen-bond acceptors (Lipinski definition) is 2. The minimum Gasteiger partial charge on any atom is -0.459 e. The van der Waals surface area contributed by atoms with Gasteiger partial charge in [0.1, 0.15) is 11.3 Å². The molecule has 1 aromatic heterocycles. The van der Waals surface area contributed by atoms with Gasteiger partial charge in [-0.15, -0.1) is 0 Å². The first-order chi connectivity index (χ1) is 9.12. The van der Waals surface area contributed by atoms with E-state index in [1.165, 1.54) is 11.8 Å². The van der Waals surface area contributed by atoms with Crippen molar-refractivity contribution in [3.05, 3.63) is 36.1 Å². The Hall–Kier alpha value is -1.28. The molecule has 2 atom stereocenters. The zero-order valence-corrected chi connectivity index (χ0v) is 12.1. The van der Waals surface area contributed by atoms with Gasteiger partial charge in [-0.05, 0) is 42.9 Å². The lowest BCUT2D eigenvalue weighted by molar-refractivity contribution is 0.359. The van der Waals surface area contributed by atoms with E-state index in [4.69, 9.17) is 4.42 Å². The molecule has 102 valence electrons. The highest BCUT2D eigenvalue weighted by Gasteiger charge is 2.51. The number of hydrogen-bond donors (Lipinski definition) is 1. The summed E-state index contributed by atoms with van der Waals surface area (Å²) < 4.78 is 6.06. The molecule has 19 heavy (non-hydrogen) atoms. The second kappa shape index (κ2) is 4.68. The monoisotopic (exact) mass is 257 g/mol. The molecule has 0 saturated heterocycles. The summed E-state index contributed by atoms with van der Waals surface area (Å²) in [6, 6.07) is 10.8. The van der Waals surface area contributed by atoms with Gasteiger partial charge in [0.05, 0.1) is 6.04 Å². The molecule has 1 N–H and O–H groups in total. The Morgan fingerprint density at radius 1 is 1.37 bits per heavy atom. The molecular weight excluding hydrogens is 234 g/mol. The fourth-order valence-corrected chi connectivity index (χ4v) is 2.97. The topological polar surface area (TPSA) is 25.2 Å². The number of rotatable bonds is 5. The highest BCUT2D eigenvalue weighted by atomic mass is 16.3. The molecule has 1 aliphatic carbocycles. The first-order valence-electron chi connectivity index (χ1n) is 7.33. The van der Waals surface area contributed by atoms with Gasteiger partial charge in [-0.1, -0.05) is 39.0 Å². The molecule has 0 spiro atoms. The maximum Gasteiger partial charge on any atom is 0.134 e. The van der Waals surface area contributed by atoms with Crippen molar-refractivity contribution in [3.8, 4) is 0 Å². The highest BCUT2D eigenvalue weighted by molar-refractivity contribution is 5.77. The van der Waals surface area contributed by atoms with Gasteiger partial charge in [0.25, 0.3) is 0 Å². The smallest absolute Gasteiger partial charge is 0.134 e. The second-order valence-corrected chi connectivity index (χ2v) is 6.42. The van der Waals surface area contributed by atoms with Crippen molar-refractivity contribution in [2.45, 2.75) is 39.7 Å². The van der Waals surface area contributed by atoms with Gasteiger partial charge in [-0.3, -0.25) is 0 Å². The second-order valence-electron chi connectivity index (χ2n) is 6.42. The molecule has 1 aliphatic rings. The minimum atomic E-state index is 0.363. The third-order valence-electron chi connectivity index (χ3n) is 4.36. The third kappa shape index (κ3) is 2.42. The molecule has 0 bridgehead atoms. The van der Waals surface area contributed by atoms with Crippen LogP contribution in [0.2, 0.25) is 0 Å².